The quantitative estimate of drug-likeness (QED) is 0.00831. The first kappa shape index (κ1) is 108. The Kier molecular flexibility index (Phi) is 36.9. The van der Waals surface area contributed by atoms with Crippen LogP contribution in [0.15, 0.2) is 244 Å². The number of halogens is 5. The summed E-state index contributed by atoms with van der Waals surface area (Å²) in [5, 5.41) is 59.1. The largest absolute Gasteiger partial charge is 0.471 e. The van der Waals surface area contributed by atoms with E-state index in [0.29, 0.717) is 88.1 Å². The molecule has 0 bridgehead atoms. The van der Waals surface area contributed by atoms with E-state index in [1.54, 1.807) is 43.0 Å². The first-order chi connectivity index (χ1) is 71.1. The fourth-order valence-corrected chi connectivity index (χ4v) is 17.3. The van der Waals surface area contributed by atoms with Crippen molar-refractivity contribution in [3.63, 3.8) is 0 Å². The molecule has 148 heavy (non-hydrogen) atoms. The molecule has 13 aromatic heterocycles. The Balaban J connectivity index is 0.000000142. The lowest BCUT2D eigenvalue weighted by Gasteiger charge is -2.29. The third kappa shape index (κ3) is 28.4. The van der Waals surface area contributed by atoms with Crippen molar-refractivity contribution in [3.05, 3.63) is 291 Å². The lowest BCUT2D eigenvalue weighted by molar-refractivity contribution is -0.389. The van der Waals surface area contributed by atoms with E-state index >= 15 is 0 Å². The fourth-order valence-electron chi connectivity index (χ4n) is 16.3. The summed E-state index contributed by atoms with van der Waals surface area (Å²) in [6, 6.07) is 65.9. The second-order valence-corrected chi connectivity index (χ2v) is 38.7. The fraction of sp³-hybridized carbons (Fsp3) is 0.318. The number of pyridine rings is 7. The highest BCUT2D eigenvalue weighted by atomic mass is 127. The van der Waals surface area contributed by atoms with Gasteiger partial charge in [0.2, 0.25) is 5.91 Å². The lowest BCUT2D eigenvalue weighted by atomic mass is 9.91. The minimum absolute atomic E-state index is 0.00181. The molecule has 0 saturated heterocycles. The second-order valence-electron chi connectivity index (χ2n) is 37.2. The van der Waals surface area contributed by atoms with E-state index in [0.717, 1.165) is 138 Å². The molecule has 1 aliphatic rings. The average Bonchev–Trinajstić information content (AvgIpc) is 1.64. The van der Waals surface area contributed by atoms with Crippen molar-refractivity contribution < 1.29 is 37.9 Å². The summed E-state index contributed by atoms with van der Waals surface area (Å²) in [6.07, 6.45) is 11.3. The SMILES string of the molecule is CC(=O)NC1CCC(Nc2cc(NCc3ccccc3)c3ncn(C(C)C)c3n2)CC1.CC(C)n1cnc2c(Cl)cc(I)nc21.CC(C)n1cnc2c(NCc3ccc(-c4ccccn4)cc3)cc(NC(CO)CO)nc21.CC(C)n1cnc2c(NCc3ccccc3)cc(N)nc21.CC(C)n1cnc2c(NCc3ccccc3)cc(NC(=O)C(F)(F)F)nc21.CC(C)n1cnc2c(NCc3ccccc3)cc([N+](=O)[O-])nc21. The zero-order valence-corrected chi connectivity index (χ0v) is 87.4. The number of imidazole rings is 6. The van der Waals surface area contributed by atoms with Gasteiger partial charge in [-0.2, -0.15) is 13.2 Å². The zero-order chi connectivity index (χ0) is 105. The van der Waals surface area contributed by atoms with Crippen molar-refractivity contribution in [2.75, 3.05) is 61.5 Å². The van der Waals surface area contributed by atoms with Crippen LogP contribution in [0.25, 0.3) is 78.2 Å². The number of rotatable bonds is 31. The van der Waals surface area contributed by atoms with Gasteiger partial charge in [0.25, 0.3) is 5.65 Å². The van der Waals surface area contributed by atoms with E-state index in [-0.39, 0.29) is 61.0 Å². The maximum atomic E-state index is 12.6. The molecule has 19 rings (SSSR count). The standard InChI is InChI=1S/C24H28N6O2.C24H32N6O.C18H18F3N5O.C16H17N5O2.C16H19N5.C9H9ClIN3/c1-16(2)30-15-27-23-21(11-22(29-24(23)30)28-19(13-31)14-32)26-12-17-6-8-18(9-7-17)20-5-3-4-10-25-20;1-16(2)30-15-26-23-21(25-14-18-7-5-4-6-8-18)13-22(29-24(23)30)28-20-11-9-19(10-12-20)27-17(3)31;1-11(2)26-10-23-15-13(22-9-12-6-4-3-5-7-12)8-14(24-16(15)26)25-17(27)18(19,20)21;1-11(2)20-10-18-15-13(8-14(21(22)23)19-16(15)20)17-9-12-6-4-3-5-7-12;1-11(2)21-10-19-15-13(8-14(17)20-16(15)21)18-9-12-6-4-3-5-7-12;1-5(2)14-4-12-8-6(10)3-7(11)13-9(8)14/h3-11,15-16,19,31-32H,12-14H2,1-2H3,(H2,26,28,29);4-8,13,15-16,19-20H,9-12,14H2,1-3H3,(H,27,31)(H2,25,28,29);3-8,10-11H,9H2,1-2H3,(H2,22,24,25,27);3-8,10-11H,9H2,1-2H3,(H,17,19);3-8,10-11H,9H2,1-2H3,(H3,17,18,20);3-5H,1-2H3. The van der Waals surface area contributed by atoms with E-state index in [9.17, 15) is 43.1 Å². The van der Waals surface area contributed by atoms with Crippen LogP contribution >= 0.6 is 34.2 Å². The van der Waals surface area contributed by atoms with Crippen LogP contribution in [0.3, 0.4) is 0 Å². The van der Waals surface area contributed by atoms with Gasteiger partial charge in [0, 0.05) is 124 Å². The predicted molar refractivity (Wildman–Crippen MR) is 588 cm³/mol. The molecule has 1 saturated carbocycles. The number of carbonyl (C=O) groups excluding carboxylic acids is 2. The van der Waals surface area contributed by atoms with Gasteiger partial charge < -0.3 is 96.7 Å². The van der Waals surface area contributed by atoms with Crippen LogP contribution < -0.4 is 53.6 Å². The highest BCUT2D eigenvalue weighted by Gasteiger charge is 2.39. The Morgan fingerprint density at radius 2 is 0.770 bits per heavy atom. The lowest BCUT2D eigenvalue weighted by Crippen LogP contribution is -2.39. The number of benzene rings is 5. The Morgan fingerprint density at radius 1 is 0.432 bits per heavy atom. The Hall–Kier alpha value is -15.6. The maximum absolute atomic E-state index is 12.6. The predicted octanol–water partition coefficient (Wildman–Crippen LogP) is 22.1. The number of carbonyl (C=O) groups is 2. The molecule has 1 aliphatic carbocycles. The normalized spacial score (nSPS) is 13.0. The summed E-state index contributed by atoms with van der Waals surface area (Å²) in [7, 11) is 0. The Bertz CT molecular complexity index is 7450. The molecule has 5 aromatic carbocycles. The molecule has 13 heterocycles. The number of alkyl halides is 3. The zero-order valence-electron chi connectivity index (χ0n) is 84.5. The van der Waals surface area contributed by atoms with E-state index < -0.39 is 23.0 Å². The van der Waals surface area contributed by atoms with E-state index in [1.807, 2.05) is 185 Å². The molecular formula is C107H123ClF3IN30O6. The highest BCUT2D eigenvalue weighted by Crippen LogP contribution is 2.36. The number of fused-ring (bicyclic) bond motifs is 6. The van der Waals surface area contributed by atoms with Crippen LogP contribution in [-0.2, 0) is 42.3 Å². The summed E-state index contributed by atoms with van der Waals surface area (Å²) in [4.78, 5) is 91.0. The van der Waals surface area contributed by atoms with Gasteiger partial charge in [-0.25, -0.2) is 54.8 Å². The van der Waals surface area contributed by atoms with Crippen LogP contribution in [0.5, 0.6) is 0 Å². The molecule has 0 radical (unpaired) electrons. The van der Waals surface area contributed by atoms with Crippen LogP contribution in [0.1, 0.15) is 180 Å². The average molecular weight is 2140 g/mol. The molecule has 772 valence electrons. The second kappa shape index (κ2) is 50.5. The smallest absolute Gasteiger partial charge is 0.394 e. The molecule has 2 amide bonds. The molecule has 1 fully saturated rings. The molecule has 36 nitrogen and oxygen atoms in total. The number of aromatic nitrogens is 19. The van der Waals surface area contributed by atoms with Crippen molar-refractivity contribution in [3.8, 4) is 11.3 Å². The molecule has 18 aromatic rings. The van der Waals surface area contributed by atoms with Crippen molar-refractivity contribution in [2.24, 2.45) is 0 Å². The van der Waals surface area contributed by atoms with E-state index in [1.165, 1.54) is 23.3 Å². The van der Waals surface area contributed by atoms with E-state index in [2.05, 4.69) is 252 Å². The highest BCUT2D eigenvalue weighted by molar-refractivity contribution is 14.1. The van der Waals surface area contributed by atoms with Crippen LogP contribution in [0, 0.1) is 13.8 Å². The molecule has 0 spiro atoms. The first-order valence-electron chi connectivity index (χ1n) is 48.9. The van der Waals surface area contributed by atoms with Gasteiger partial charge in [-0.1, -0.05) is 163 Å². The minimum Gasteiger partial charge on any atom is -0.394 e. The summed E-state index contributed by atoms with van der Waals surface area (Å²) >= 11 is 8.21. The molecule has 41 heteroatoms. The number of anilines is 9. The maximum Gasteiger partial charge on any atom is 0.471 e. The Morgan fingerprint density at radius 3 is 1.15 bits per heavy atom. The number of hydrogen-bond acceptors (Lipinski definition) is 27. The molecule has 13 N–H and O–H groups in total. The summed E-state index contributed by atoms with van der Waals surface area (Å²) < 4.78 is 50.4. The van der Waals surface area contributed by atoms with Crippen LogP contribution in [0.4, 0.5) is 70.7 Å². The van der Waals surface area contributed by atoms with Gasteiger partial charge in [0.05, 0.1) is 102 Å². The summed E-state index contributed by atoms with van der Waals surface area (Å²) in [5.74, 6) is -0.452. The number of aliphatic hydroxyl groups excluding tert-OH is 2. The van der Waals surface area contributed by atoms with Crippen molar-refractivity contribution in [2.45, 2.75) is 209 Å². The number of aliphatic hydroxyl groups is 2. The van der Waals surface area contributed by atoms with Crippen molar-refractivity contribution in [1.82, 2.24) is 97.5 Å². The number of nitrogen functional groups attached to an aromatic ring is 1. The first-order valence-corrected chi connectivity index (χ1v) is 50.3. The van der Waals surface area contributed by atoms with Crippen molar-refractivity contribution >= 4 is 171 Å². The number of nitrogens with one attached hydrogen (secondary N) is 9. The monoisotopic (exact) mass is 2140 g/mol. The van der Waals surface area contributed by atoms with Crippen LogP contribution in [-0.4, -0.2) is 157 Å². The van der Waals surface area contributed by atoms with Gasteiger partial charge in [-0.3, -0.25) is 19.1 Å². The third-order valence-corrected chi connectivity index (χ3v) is 25.0. The number of nitro groups is 1. The van der Waals surface area contributed by atoms with Gasteiger partial charge in [-0.15, -0.1) is 0 Å². The molecule has 0 aliphatic heterocycles. The summed E-state index contributed by atoms with van der Waals surface area (Å²) in [6.45, 7) is 28.9. The minimum atomic E-state index is -4.99. The topological polar surface area (TPSA) is 449 Å². The van der Waals surface area contributed by atoms with Gasteiger partial charge in [-0.05, 0) is 187 Å². The van der Waals surface area contributed by atoms with Gasteiger partial charge in [0.15, 0.2) is 33.8 Å². The van der Waals surface area contributed by atoms with Crippen LogP contribution in [0.2, 0.25) is 5.02 Å². The molecule has 0 unspecified atom stereocenters. The van der Waals surface area contributed by atoms with Crippen molar-refractivity contribution in [1.29, 1.82) is 0 Å². The number of nitrogens with zero attached hydrogens (tertiary/aromatic N) is 20. The molecule has 0 atom stereocenters. The number of hydrogen-bond donors (Lipinski definition) is 12. The molecular weight excluding hydrogens is 2020 g/mol. The van der Waals surface area contributed by atoms with Gasteiger partial charge in [0.1, 0.15) is 54.6 Å². The number of amides is 2. The third-order valence-electron chi connectivity index (χ3n) is 24.1. The Labute approximate surface area is 873 Å². The number of nitrogens with two attached hydrogens (primary N) is 1. The van der Waals surface area contributed by atoms with Gasteiger partial charge >= 0.3 is 17.9 Å². The summed E-state index contributed by atoms with van der Waals surface area (Å²) in [5.41, 5.74) is 26.1. The van der Waals surface area contributed by atoms with E-state index in [4.69, 9.17) is 22.3 Å².